The Morgan fingerprint density at radius 3 is 2.15 bits per heavy atom. The second kappa shape index (κ2) is 3.02. The van der Waals surface area contributed by atoms with Crippen LogP contribution in [0.4, 0.5) is 0 Å². The van der Waals surface area contributed by atoms with Crippen LogP contribution in [-0.2, 0) is 5.41 Å². The molecule has 2 nitrogen and oxygen atoms in total. The van der Waals surface area contributed by atoms with Crippen molar-refractivity contribution < 1.29 is 0 Å². The summed E-state index contributed by atoms with van der Waals surface area (Å²) < 4.78 is 0. The Bertz CT molecular complexity index is 369. The maximum atomic E-state index is 11.7. The van der Waals surface area contributed by atoms with Crippen molar-refractivity contribution >= 4 is 0 Å². The molecule has 0 fully saturated rings. The van der Waals surface area contributed by atoms with Gasteiger partial charge in [0.1, 0.15) is 0 Å². The van der Waals surface area contributed by atoms with E-state index in [9.17, 15) is 4.79 Å². The largest absolute Gasteiger partial charge is 0.362 e. The Labute approximate surface area is 79.0 Å². The number of nitrogens with one attached hydrogen (secondary N) is 1. The van der Waals surface area contributed by atoms with Crippen LogP contribution in [-0.4, -0.2) is 4.98 Å². The number of pyridine rings is 1. The zero-order chi connectivity index (χ0) is 10.2. The van der Waals surface area contributed by atoms with Crippen molar-refractivity contribution in [3.63, 3.8) is 0 Å². The number of hydrogen-bond acceptors (Lipinski definition) is 1. The summed E-state index contributed by atoms with van der Waals surface area (Å²) in [5, 5.41) is 0. The molecule has 1 rings (SSSR count). The molecule has 0 aliphatic rings. The highest BCUT2D eigenvalue weighted by molar-refractivity contribution is 5.28. The minimum atomic E-state index is -0.0780. The van der Waals surface area contributed by atoms with Gasteiger partial charge in [-0.1, -0.05) is 20.8 Å². The highest BCUT2D eigenvalue weighted by Crippen LogP contribution is 2.20. The maximum Gasteiger partial charge on any atom is 0.185 e. The summed E-state index contributed by atoms with van der Waals surface area (Å²) in [7, 11) is 0. The second-order valence-corrected chi connectivity index (χ2v) is 4.57. The van der Waals surface area contributed by atoms with E-state index in [0.717, 1.165) is 17.0 Å². The molecule has 0 saturated heterocycles. The molecular formula is C11H17NO. The first kappa shape index (κ1) is 10.0. The molecular weight excluding hydrogens is 162 g/mol. The van der Waals surface area contributed by atoms with E-state index in [1.165, 1.54) is 0 Å². The molecule has 0 atom stereocenters. The van der Waals surface area contributed by atoms with Gasteiger partial charge in [-0.25, -0.2) is 0 Å². The van der Waals surface area contributed by atoms with Crippen LogP contribution in [0, 0.1) is 13.8 Å². The van der Waals surface area contributed by atoms with Gasteiger partial charge >= 0.3 is 0 Å². The van der Waals surface area contributed by atoms with Gasteiger partial charge in [-0.15, -0.1) is 0 Å². The van der Waals surface area contributed by atoms with Crippen LogP contribution >= 0.6 is 0 Å². The molecule has 1 heterocycles. The van der Waals surface area contributed by atoms with Crippen LogP contribution in [0.25, 0.3) is 0 Å². The fourth-order valence-corrected chi connectivity index (χ4v) is 1.78. The molecule has 1 N–H and O–H groups in total. The standard InChI is InChI=1S/C11H17NO/c1-7-6-9(13)10(8(2)12-7)11(3,4)5/h6H,1-5H3,(H,12,13). The predicted molar refractivity (Wildman–Crippen MR) is 55.2 cm³/mol. The normalized spacial score (nSPS) is 11.8. The molecule has 0 spiro atoms. The lowest BCUT2D eigenvalue weighted by molar-refractivity contribution is 0.576. The van der Waals surface area contributed by atoms with Crippen molar-refractivity contribution in [1.82, 2.24) is 4.98 Å². The number of aryl methyl sites for hydroxylation is 2. The first-order valence-corrected chi connectivity index (χ1v) is 4.53. The smallest absolute Gasteiger partial charge is 0.185 e. The van der Waals surface area contributed by atoms with Crippen LogP contribution in [0.2, 0.25) is 0 Å². The molecule has 0 radical (unpaired) electrons. The quantitative estimate of drug-likeness (QED) is 0.651. The summed E-state index contributed by atoms with van der Waals surface area (Å²) in [6, 6.07) is 1.66. The monoisotopic (exact) mass is 179 g/mol. The third kappa shape index (κ3) is 2.00. The Kier molecular flexibility index (Phi) is 2.33. The molecule has 2 heteroatoms. The van der Waals surface area contributed by atoms with E-state index < -0.39 is 0 Å². The molecule has 0 bridgehead atoms. The number of hydrogen-bond donors (Lipinski definition) is 1. The van der Waals surface area contributed by atoms with Crippen LogP contribution < -0.4 is 5.43 Å². The average Bonchev–Trinajstić information content (AvgIpc) is 1.78. The van der Waals surface area contributed by atoms with Gasteiger partial charge in [0.15, 0.2) is 5.43 Å². The summed E-state index contributed by atoms with van der Waals surface area (Å²) in [6.07, 6.45) is 0. The van der Waals surface area contributed by atoms with Gasteiger partial charge in [-0.2, -0.15) is 0 Å². The van der Waals surface area contributed by atoms with E-state index in [1.54, 1.807) is 6.07 Å². The zero-order valence-corrected chi connectivity index (χ0v) is 8.99. The van der Waals surface area contributed by atoms with E-state index in [2.05, 4.69) is 25.8 Å². The van der Waals surface area contributed by atoms with Gasteiger partial charge in [-0.05, 0) is 19.3 Å². The van der Waals surface area contributed by atoms with E-state index in [-0.39, 0.29) is 10.8 Å². The van der Waals surface area contributed by atoms with Crippen molar-refractivity contribution in [2.75, 3.05) is 0 Å². The molecule has 0 aliphatic carbocycles. The summed E-state index contributed by atoms with van der Waals surface area (Å²) in [4.78, 5) is 14.9. The molecule has 0 saturated carbocycles. The van der Waals surface area contributed by atoms with E-state index in [4.69, 9.17) is 0 Å². The highest BCUT2D eigenvalue weighted by Gasteiger charge is 2.19. The van der Waals surface area contributed by atoms with E-state index in [0.29, 0.717) is 0 Å². The minimum Gasteiger partial charge on any atom is -0.362 e. The maximum absolute atomic E-state index is 11.7. The summed E-state index contributed by atoms with van der Waals surface area (Å²) in [5.74, 6) is 0. The Hall–Kier alpha value is -1.05. The van der Waals surface area contributed by atoms with Crippen molar-refractivity contribution in [3.05, 3.63) is 33.2 Å². The van der Waals surface area contributed by atoms with Gasteiger partial charge in [0, 0.05) is 23.0 Å². The molecule has 72 valence electrons. The topological polar surface area (TPSA) is 32.9 Å². The summed E-state index contributed by atoms with van der Waals surface area (Å²) >= 11 is 0. The first-order valence-electron chi connectivity index (χ1n) is 4.53. The summed E-state index contributed by atoms with van der Waals surface area (Å²) in [6.45, 7) is 10.0. The third-order valence-electron chi connectivity index (χ3n) is 2.10. The van der Waals surface area contributed by atoms with Gasteiger partial charge in [-0.3, -0.25) is 4.79 Å². The van der Waals surface area contributed by atoms with Crippen LogP contribution in [0.5, 0.6) is 0 Å². The molecule has 0 aliphatic heterocycles. The lowest BCUT2D eigenvalue weighted by Crippen LogP contribution is -2.25. The Morgan fingerprint density at radius 1 is 1.23 bits per heavy atom. The molecule has 0 unspecified atom stereocenters. The van der Waals surface area contributed by atoms with Crippen molar-refractivity contribution in [1.29, 1.82) is 0 Å². The molecule has 1 aromatic rings. The van der Waals surface area contributed by atoms with Crippen molar-refractivity contribution in [2.24, 2.45) is 0 Å². The second-order valence-electron chi connectivity index (χ2n) is 4.57. The van der Waals surface area contributed by atoms with Gasteiger partial charge < -0.3 is 4.98 Å². The number of aromatic amines is 1. The fourth-order valence-electron chi connectivity index (χ4n) is 1.78. The lowest BCUT2D eigenvalue weighted by atomic mass is 9.85. The minimum absolute atomic E-state index is 0.0780. The van der Waals surface area contributed by atoms with Crippen LogP contribution in [0.15, 0.2) is 10.9 Å². The van der Waals surface area contributed by atoms with Gasteiger partial charge in [0.2, 0.25) is 0 Å². The van der Waals surface area contributed by atoms with Crippen molar-refractivity contribution in [2.45, 2.75) is 40.0 Å². The Balaban J connectivity index is 3.47. The number of H-pyrrole nitrogens is 1. The number of aromatic nitrogens is 1. The van der Waals surface area contributed by atoms with Crippen LogP contribution in [0.3, 0.4) is 0 Å². The molecule has 0 amide bonds. The van der Waals surface area contributed by atoms with Crippen molar-refractivity contribution in [3.8, 4) is 0 Å². The molecule has 1 aromatic heterocycles. The van der Waals surface area contributed by atoms with Crippen LogP contribution in [0.1, 0.15) is 37.7 Å². The van der Waals surface area contributed by atoms with Gasteiger partial charge in [0.25, 0.3) is 0 Å². The van der Waals surface area contributed by atoms with E-state index in [1.807, 2.05) is 13.8 Å². The predicted octanol–water partition coefficient (Wildman–Crippen LogP) is 2.29. The third-order valence-corrected chi connectivity index (χ3v) is 2.10. The first-order chi connectivity index (χ1) is 5.82. The number of rotatable bonds is 0. The molecule has 13 heavy (non-hydrogen) atoms. The SMILES string of the molecule is Cc1cc(=O)c(C(C)(C)C)c(C)[nH]1. The van der Waals surface area contributed by atoms with E-state index >= 15 is 0 Å². The zero-order valence-electron chi connectivity index (χ0n) is 8.99. The molecule has 0 aromatic carbocycles. The highest BCUT2D eigenvalue weighted by atomic mass is 16.1. The average molecular weight is 179 g/mol. The summed E-state index contributed by atoms with van der Waals surface area (Å²) in [5.41, 5.74) is 2.86. The Morgan fingerprint density at radius 2 is 1.77 bits per heavy atom. The fraction of sp³-hybridized carbons (Fsp3) is 0.545. The lowest BCUT2D eigenvalue weighted by Gasteiger charge is -2.20. The van der Waals surface area contributed by atoms with Gasteiger partial charge in [0.05, 0.1) is 0 Å².